The molecule has 0 saturated carbocycles. The number of rotatable bonds is 12. The van der Waals surface area contributed by atoms with Crippen molar-refractivity contribution in [3.8, 4) is 33.8 Å². The fourth-order valence-electron chi connectivity index (χ4n) is 11.3. The molecule has 7 aromatic carbocycles. The molecular formula is C88H104Cl2Ir2N4O2-. The molecule has 1 N–H and O–H groups in total. The van der Waals surface area contributed by atoms with Gasteiger partial charge in [-0.1, -0.05) is 226 Å². The predicted octanol–water partition coefficient (Wildman–Crippen LogP) is 26.3. The Hall–Kier alpha value is -6.73. The van der Waals surface area contributed by atoms with Crippen LogP contribution in [0.1, 0.15) is 202 Å². The molecule has 0 aliphatic heterocycles. The van der Waals surface area contributed by atoms with Gasteiger partial charge in [-0.15, -0.1) is 69.8 Å². The number of hydrogen-bond acceptors (Lipinski definition) is 6. The van der Waals surface area contributed by atoms with Crippen LogP contribution in [-0.4, -0.2) is 30.8 Å². The van der Waals surface area contributed by atoms with Crippen LogP contribution in [0.5, 0.6) is 0 Å². The number of ketones is 1. The molecule has 4 aromatic heterocycles. The summed E-state index contributed by atoms with van der Waals surface area (Å²) >= 11 is 7.48. The van der Waals surface area contributed by atoms with Crippen LogP contribution >= 0.6 is 21.2 Å². The number of aryl methyl sites for hydroxylation is 6. The maximum absolute atomic E-state index is 11.5. The summed E-state index contributed by atoms with van der Waals surface area (Å²) in [5.41, 5.74) is 18.7. The molecule has 0 fully saturated rings. The van der Waals surface area contributed by atoms with E-state index in [4.69, 9.17) is 11.6 Å². The van der Waals surface area contributed by atoms with E-state index in [1.807, 2.05) is 66.2 Å². The Morgan fingerprint density at radius 1 is 0.449 bits per heavy atom. The fraction of sp³-hybridized carbons (Fsp3) is 0.341. The molecule has 0 aliphatic carbocycles. The van der Waals surface area contributed by atoms with E-state index < -0.39 is 5.41 Å². The van der Waals surface area contributed by atoms with Crippen LogP contribution in [0.15, 0.2) is 176 Å². The van der Waals surface area contributed by atoms with Crippen molar-refractivity contribution in [2.24, 2.45) is 10.8 Å². The average molecular weight is 1710 g/mol. The van der Waals surface area contributed by atoms with Gasteiger partial charge in [0.15, 0.2) is 5.78 Å². The first kappa shape index (κ1) is 83.7. The number of carbonyl (C=O) groups is 1. The summed E-state index contributed by atoms with van der Waals surface area (Å²) < 4.78 is 0. The zero-order valence-electron chi connectivity index (χ0n) is 61.9. The van der Waals surface area contributed by atoms with Crippen LogP contribution in [0.25, 0.3) is 76.9 Å². The molecule has 11 aromatic rings. The van der Waals surface area contributed by atoms with Gasteiger partial charge in [0.1, 0.15) is 10.9 Å². The summed E-state index contributed by atoms with van der Waals surface area (Å²) in [6, 6.07) is 57.2. The van der Waals surface area contributed by atoms with Gasteiger partial charge in [-0.3, -0.25) is 9.78 Å². The van der Waals surface area contributed by atoms with E-state index in [0.717, 1.165) is 64.0 Å². The predicted molar refractivity (Wildman–Crippen MR) is 416 cm³/mol. The molecular weight excluding hydrogens is 1600 g/mol. The summed E-state index contributed by atoms with van der Waals surface area (Å²) in [6.07, 6.45) is 13.5. The number of allylic oxidation sites excluding steroid dienone is 2. The van der Waals surface area contributed by atoms with Crippen molar-refractivity contribution in [2.75, 3.05) is 0 Å². The summed E-state index contributed by atoms with van der Waals surface area (Å²) in [5, 5.41) is 19.8. The van der Waals surface area contributed by atoms with Crippen LogP contribution in [-0.2, 0) is 42.8 Å². The first-order chi connectivity index (χ1) is 45.5. The molecule has 4 heterocycles. The molecule has 4 atom stereocenters. The average Bonchev–Trinajstić information content (AvgIpc) is 0.804. The van der Waals surface area contributed by atoms with Gasteiger partial charge in [-0.05, 0) is 166 Å². The Morgan fingerprint density at radius 3 is 1.08 bits per heavy atom. The number of nitrogens with zero attached hydrogens (tertiary/aromatic N) is 4. The van der Waals surface area contributed by atoms with Gasteiger partial charge >= 0.3 is 27.5 Å². The largest absolute Gasteiger partial charge is 0 e. The molecule has 0 aliphatic rings. The van der Waals surface area contributed by atoms with Gasteiger partial charge < -0.3 is 22.5 Å². The van der Waals surface area contributed by atoms with Gasteiger partial charge in [0.25, 0.3) is 0 Å². The Labute approximate surface area is 621 Å². The number of hydrogen-bond donors (Lipinski definition) is 1. The second-order valence-electron chi connectivity index (χ2n) is 28.0. The molecule has 0 bridgehead atoms. The van der Waals surface area contributed by atoms with E-state index in [0.29, 0.717) is 28.8 Å². The second-order valence-corrected chi connectivity index (χ2v) is 28.4. The zero-order valence-corrected chi connectivity index (χ0v) is 68.2. The SMILES string of the molecule is CC(C)(C)C(=O)C=C(O)C(C)(C)C.CCC(C)c1ccc2c(-c3[c-]c(C)cc(C)c3)nccc2c1.CCC(C)c1ccc2c(-c3[c-]c(C)cc(C)c3)nccc2c1.CCC(C)c1ccc2c(-c3cc(C)cc(C)c3)nccc2c1.CCC(C)c1ccc2c(Cl)nccc2c1.[CH3-].[Cl][Ir+2].[Ir]. The summed E-state index contributed by atoms with van der Waals surface area (Å²) in [7, 11) is 4.64. The van der Waals surface area contributed by atoms with Gasteiger partial charge in [0.2, 0.25) is 0 Å². The smallest absolute Gasteiger partial charge is 0 e. The van der Waals surface area contributed by atoms with Gasteiger partial charge in [-0.25, -0.2) is 4.98 Å². The number of fused-ring (bicyclic) bond motifs is 4. The number of pyridine rings is 4. The molecule has 521 valence electrons. The Morgan fingerprint density at radius 2 is 0.755 bits per heavy atom. The number of carbonyl (C=O) groups excluding carboxylic acids is 1. The van der Waals surface area contributed by atoms with Crippen LogP contribution < -0.4 is 0 Å². The minimum atomic E-state index is -0.417. The van der Waals surface area contributed by atoms with E-state index in [-0.39, 0.29) is 44.5 Å². The minimum absolute atomic E-state index is 0. The van der Waals surface area contributed by atoms with Gasteiger partial charge in [-0.2, -0.15) is 0 Å². The second kappa shape index (κ2) is 38.7. The van der Waals surface area contributed by atoms with Crippen molar-refractivity contribution in [1.29, 1.82) is 0 Å². The molecule has 6 nitrogen and oxygen atoms in total. The molecule has 11 rings (SSSR count). The van der Waals surface area contributed by atoms with E-state index in [1.54, 1.807) is 6.20 Å². The Balaban J connectivity index is 0.000000261. The Bertz CT molecular complexity index is 4050. The minimum Gasteiger partial charge on any atom is 0 e. The first-order valence-electron chi connectivity index (χ1n) is 33.9. The molecule has 0 saturated heterocycles. The number of halogens is 2. The van der Waals surface area contributed by atoms with Crippen LogP contribution in [0, 0.1) is 71.9 Å². The third kappa shape index (κ3) is 23.2. The number of aromatic nitrogens is 4. The van der Waals surface area contributed by atoms with E-state index in [9.17, 15) is 9.90 Å². The van der Waals surface area contributed by atoms with Gasteiger partial charge in [0.05, 0.1) is 5.69 Å². The molecule has 10 heteroatoms. The van der Waals surface area contributed by atoms with Crippen LogP contribution in [0.4, 0.5) is 0 Å². The molecule has 0 spiro atoms. The van der Waals surface area contributed by atoms with Crippen molar-refractivity contribution in [2.45, 2.75) is 188 Å². The summed E-state index contributed by atoms with van der Waals surface area (Å²) in [4.78, 5) is 29.5. The van der Waals surface area contributed by atoms with Crippen LogP contribution in [0.3, 0.4) is 0 Å². The third-order valence-electron chi connectivity index (χ3n) is 17.9. The van der Waals surface area contributed by atoms with E-state index in [1.165, 1.54) is 118 Å². The zero-order chi connectivity index (χ0) is 70.8. The van der Waals surface area contributed by atoms with Crippen molar-refractivity contribution in [1.82, 2.24) is 19.9 Å². The maximum atomic E-state index is 11.5. The third-order valence-corrected chi connectivity index (χ3v) is 18.2. The van der Waals surface area contributed by atoms with Crippen molar-refractivity contribution in [3.05, 3.63) is 256 Å². The first-order valence-corrected chi connectivity index (χ1v) is 37.3. The molecule has 4 unspecified atom stereocenters. The molecule has 0 amide bonds. The van der Waals surface area contributed by atoms with Crippen molar-refractivity contribution >= 4 is 70.1 Å². The quantitative estimate of drug-likeness (QED) is 0.0567. The summed E-state index contributed by atoms with van der Waals surface area (Å²) in [5.74, 6) is 2.48. The summed E-state index contributed by atoms with van der Waals surface area (Å²) in [6.45, 7) is 41.8. The Kier molecular flexibility index (Phi) is 33.1. The van der Waals surface area contributed by atoms with E-state index in [2.05, 4.69) is 272 Å². The van der Waals surface area contributed by atoms with Crippen molar-refractivity contribution in [3.63, 3.8) is 0 Å². The molecule has 1 radical (unpaired) electrons. The normalized spacial score (nSPS) is 12.4. The van der Waals surface area contributed by atoms with Gasteiger partial charge in [0, 0.05) is 78.1 Å². The van der Waals surface area contributed by atoms with Crippen LogP contribution in [0.2, 0.25) is 5.15 Å². The van der Waals surface area contributed by atoms with Crippen molar-refractivity contribution < 1.29 is 47.9 Å². The molecule has 98 heavy (non-hydrogen) atoms. The monoisotopic (exact) mass is 1700 g/mol. The standard InChI is InChI=1S/C21H23N.2C21H22N.C13H14ClN.C11H20O2.CH3.ClH.2Ir/c3*1-5-16(4)17-6-7-20-18(13-17)8-9-22-21(20)19-11-14(2)10-15(3)12-19;1-3-9(2)10-4-5-12-11(8-10)6-7-15-13(12)14;1-10(2,3)8(12)7-9(13)11(4,5)6;;;;/h6-13,16H,5H2,1-4H3;2*6-11,13,16H,5H2,1-4H3;4-9H,3H2,1-2H3;7,12H,1-6H3;1H3;1H;;/q;2*-1;;;-1;;;+3/p-1. The fourth-order valence-corrected chi connectivity index (χ4v) is 11.5. The topological polar surface area (TPSA) is 88.9 Å². The number of aliphatic hydroxyl groups excluding tert-OH is 1. The number of benzene rings is 7. The maximum Gasteiger partial charge on any atom is 0 e. The number of aliphatic hydroxyl groups is 1. The van der Waals surface area contributed by atoms with E-state index >= 15 is 0 Å².